The van der Waals surface area contributed by atoms with Gasteiger partial charge in [0.2, 0.25) is 0 Å². The standard InChI is InChI=1S/C10H14O.C10H12O/c1-10(2,11)8-9-6-4-3-5-7-9;1-8(2)10(11)9-6-4-3-5-7-9/h3-7,11H,8H2,1-2H3;3-8H,1-2H3. The molecule has 22 heavy (non-hydrogen) atoms. The summed E-state index contributed by atoms with van der Waals surface area (Å²) in [6, 6.07) is 19.4. The molecule has 0 bridgehead atoms. The number of carbonyl (C=O) groups is 1. The zero-order valence-corrected chi connectivity index (χ0v) is 13.9. The van der Waals surface area contributed by atoms with Crippen LogP contribution in [0.1, 0.15) is 43.6 Å². The average Bonchev–Trinajstić information content (AvgIpc) is 2.47. The van der Waals surface area contributed by atoms with Gasteiger partial charge in [0.05, 0.1) is 5.60 Å². The van der Waals surface area contributed by atoms with Gasteiger partial charge in [-0.05, 0) is 19.4 Å². The van der Waals surface area contributed by atoms with Crippen molar-refractivity contribution in [2.75, 3.05) is 0 Å². The van der Waals surface area contributed by atoms with Crippen molar-refractivity contribution < 1.29 is 9.90 Å². The van der Waals surface area contributed by atoms with Crippen LogP contribution >= 0.6 is 0 Å². The largest absolute Gasteiger partial charge is 0.390 e. The number of hydrogen-bond donors (Lipinski definition) is 1. The lowest BCUT2D eigenvalue weighted by Crippen LogP contribution is -2.21. The van der Waals surface area contributed by atoms with E-state index in [-0.39, 0.29) is 11.7 Å². The van der Waals surface area contributed by atoms with Crippen LogP contribution < -0.4 is 0 Å². The Labute approximate surface area is 133 Å². The molecule has 0 atom stereocenters. The summed E-state index contributed by atoms with van der Waals surface area (Å²) in [7, 11) is 0. The molecular formula is C20H26O2. The van der Waals surface area contributed by atoms with E-state index in [9.17, 15) is 9.90 Å². The minimum Gasteiger partial charge on any atom is -0.390 e. The number of rotatable bonds is 4. The predicted molar refractivity (Wildman–Crippen MR) is 92.1 cm³/mol. The molecule has 0 aliphatic heterocycles. The highest BCUT2D eigenvalue weighted by atomic mass is 16.3. The van der Waals surface area contributed by atoms with Crippen molar-refractivity contribution >= 4 is 5.78 Å². The molecule has 2 aromatic rings. The van der Waals surface area contributed by atoms with Crippen molar-refractivity contribution in [3.05, 3.63) is 71.8 Å². The van der Waals surface area contributed by atoms with E-state index in [4.69, 9.17) is 0 Å². The molecule has 2 aromatic carbocycles. The van der Waals surface area contributed by atoms with Crippen LogP contribution in [-0.4, -0.2) is 16.5 Å². The molecule has 0 amide bonds. The number of aliphatic hydroxyl groups is 1. The summed E-state index contributed by atoms with van der Waals surface area (Å²) in [6.45, 7) is 7.46. The Kier molecular flexibility index (Phi) is 7.00. The van der Waals surface area contributed by atoms with Crippen LogP contribution in [0.2, 0.25) is 0 Å². The van der Waals surface area contributed by atoms with Gasteiger partial charge in [0.1, 0.15) is 0 Å². The molecule has 0 saturated heterocycles. The minimum absolute atomic E-state index is 0.0948. The monoisotopic (exact) mass is 298 g/mol. The van der Waals surface area contributed by atoms with E-state index in [0.29, 0.717) is 6.42 Å². The van der Waals surface area contributed by atoms with E-state index in [2.05, 4.69) is 0 Å². The summed E-state index contributed by atoms with van der Waals surface area (Å²) in [5, 5.41) is 9.47. The summed E-state index contributed by atoms with van der Waals surface area (Å²) in [4.78, 5) is 11.3. The van der Waals surface area contributed by atoms with Crippen LogP contribution in [0.4, 0.5) is 0 Å². The predicted octanol–water partition coefficient (Wildman–Crippen LogP) is 4.53. The Morgan fingerprint density at radius 2 is 1.41 bits per heavy atom. The number of ketones is 1. The highest BCUT2D eigenvalue weighted by Crippen LogP contribution is 2.11. The fourth-order valence-electron chi connectivity index (χ4n) is 2.03. The van der Waals surface area contributed by atoms with Crippen molar-refractivity contribution in [1.29, 1.82) is 0 Å². The van der Waals surface area contributed by atoms with E-state index in [1.807, 2.05) is 88.4 Å². The molecule has 0 aliphatic carbocycles. The van der Waals surface area contributed by atoms with Crippen LogP contribution in [0.25, 0.3) is 0 Å². The summed E-state index contributed by atoms with van der Waals surface area (Å²) in [6.07, 6.45) is 0.716. The van der Waals surface area contributed by atoms with Crippen LogP contribution in [0.3, 0.4) is 0 Å². The maximum atomic E-state index is 11.3. The highest BCUT2D eigenvalue weighted by Gasteiger charge is 2.12. The third-order valence-corrected chi connectivity index (χ3v) is 3.06. The van der Waals surface area contributed by atoms with Crippen LogP contribution in [0.5, 0.6) is 0 Å². The maximum Gasteiger partial charge on any atom is 0.165 e. The van der Waals surface area contributed by atoms with Gasteiger partial charge in [0.25, 0.3) is 0 Å². The smallest absolute Gasteiger partial charge is 0.165 e. The second-order valence-electron chi connectivity index (χ2n) is 6.36. The maximum absolute atomic E-state index is 11.3. The van der Waals surface area contributed by atoms with E-state index in [0.717, 1.165) is 5.56 Å². The average molecular weight is 298 g/mol. The Morgan fingerprint density at radius 3 is 1.82 bits per heavy atom. The fourth-order valence-corrected chi connectivity index (χ4v) is 2.03. The van der Waals surface area contributed by atoms with Crippen molar-refractivity contribution in [3.8, 4) is 0 Å². The molecule has 0 radical (unpaired) electrons. The quantitative estimate of drug-likeness (QED) is 0.842. The van der Waals surface area contributed by atoms with Crippen LogP contribution in [0.15, 0.2) is 60.7 Å². The Morgan fingerprint density at radius 1 is 0.955 bits per heavy atom. The molecule has 2 rings (SSSR count). The Bertz CT molecular complexity index is 551. The van der Waals surface area contributed by atoms with Gasteiger partial charge in [-0.1, -0.05) is 74.5 Å². The first kappa shape index (κ1) is 18.1. The first-order chi connectivity index (χ1) is 10.3. The zero-order chi connectivity index (χ0) is 16.6. The third-order valence-electron chi connectivity index (χ3n) is 3.06. The lowest BCUT2D eigenvalue weighted by atomic mass is 9.99. The van der Waals surface area contributed by atoms with Gasteiger partial charge in [0, 0.05) is 17.9 Å². The van der Waals surface area contributed by atoms with Gasteiger partial charge >= 0.3 is 0 Å². The Hall–Kier alpha value is -1.93. The molecule has 0 spiro atoms. The minimum atomic E-state index is -0.596. The molecule has 0 aliphatic rings. The molecule has 118 valence electrons. The number of Topliss-reactive ketones (excluding diaryl/α,β-unsaturated/α-hetero) is 1. The molecule has 2 heteroatoms. The number of carbonyl (C=O) groups excluding carboxylic acids is 1. The van der Waals surface area contributed by atoms with Crippen LogP contribution in [0, 0.1) is 5.92 Å². The third kappa shape index (κ3) is 7.19. The van der Waals surface area contributed by atoms with Crippen molar-refractivity contribution in [1.82, 2.24) is 0 Å². The summed E-state index contributed by atoms with van der Waals surface area (Å²) in [5.41, 5.74) is 1.39. The van der Waals surface area contributed by atoms with Gasteiger partial charge in [0.15, 0.2) is 5.78 Å². The lowest BCUT2D eigenvalue weighted by Gasteiger charge is -2.16. The molecular weight excluding hydrogens is 272 g/mol. The lowest BCUT2D eigenvalue weighted by molar-refractivity contribution is 0.0809. The SMILES string of the molecule is CC(C)(O)Cc1ccccc1.CC(C)C(=O)c1ccccc1. The second-order valence-corrected chi connectivity index (χ2v) is 6.36. The molecule has 0 aromatic heterocycles. The number of hydrogen-bond acceptors (Lipinski definition) is 2. The number of benzene rings is 2. The zero-order valence-electron chi connectivity index (χ0n) is 13.9. The van der Waals surface area contributed by atoms with E-state index in [1.54, 1.807) is 0 Å². The van der Waals surface area contributed by atoms with Gasteiger partial charge in [-0.15, -0.1) is 0 Å². The summed E-state index contributed by atoms with van der Waals surface area (Å²) >= 11 is 0. The molecule has 2 nitrogen and oxygen atoms in total. The fraction of sp³-hybridized carbons (Fsp3) is 0.350. The normalized spacial score (nSPS) is 10.8. The van der Waals surface area contributed by atoms with Gasteiger partial charge in [-0.2, -0.15) is 0 Å². The summed E-state index contributed by atoms with van der Waals surface area (Å²) < 4.78 is 0. The van der Waals surface area contributed by atoms with E-state index < -0.39 is 5.60 Å². The van der Waals surface area contributed by atoms with E-state index >= 15 is 0 Å². The first-order valence-electron chi connectivity index (χ1n) is 7.65. The van der Waals surface area contributed by atoms with Crippen molar-refractivity contribution in [3.63, 3.8) is 0 Å². The highest BCUT2D eigenvalue weighted by molar-refractivity contribution is 5.97. The topological polar surface area (TPSA) is 37.3 Å². The molecule has 1 N–H and O–H groups in total. The molecule has 0 heterocycles. The van der Waals surface area contributed by atoms with Crippen molar-refractivity contribution in [2.24, 2.45) is 5.92 Å². The van der Waals surface area contributed by atoms with Crippen LogP contribution in [-0.2, 0) is 6.42 Å². The molecule has 0 unspecified atom stereocenters. The Balaban J connectivity index is 0.000000220. The van der Waals surface area contributed by atoms with E-state index in [1.165, 1.54) is 5.56 Å². The van der Waals surface area contributed by atoms with Gasteiger partial charge < -0.3 is 5.11 Å². The first-order valence-corrected chi connectivity index (χ1v) is 7.65. The van der Waals surface area contributed by atoms with Gasteiger partial charge in [-0.25, -0.2) is 0 Å². The van der Waals surface area contributed by atoms with Gasteiger partial charge in [-0.3, -0.25) is 4.79 Å². The molecule has 0 fully saturated rings. The molecule has 0 saturated carbocycles. The van der Waals surface area contributed by atoms with Crippen molar-refractivity contribution in [2.45, 2.75) is 39.7 Å². The summed E-state index contributed by atoms with van der Waals surface area (Å²) in [5.74, 6) is 0.308. The second kappa shape index (κ2) is 8.50.